The maximum absolute atomic E-state index is 13.0. The number of amides is 2. The van der Waals surface area contributed by atoms with Crippen molar-refractivity contribution < 1.29 is 21.6 Å². The molecule has 1 aromatic carbocycles. The lowest BCUT2D eigenvalue weighted by molar-refractivity contribution is 0.190. The van der Waals surface area contributed by atoms with Crippen molar-refractivity contribution in [1.29, 1.82) is 0 Å². The largest absolute Gasteiger partial charge is 0.334 e. The topological polar surface area (TPSA) is 104 Å². The van der Waals surface area contributed by atoms with E-state index in [4.69, 9.17) is 11.6 Å². The van der Waals surface area contributed by atoms with Gasteiger partial charge in [0.1, 0.15) is 0 Å². The number of urea groups is 1. The summed E-state index contributed by atoms with van der Waals surface area (Å²) in [7, 11) is -6.79. The molecule has 1 unspecified atom stereocenters. The predicted octanol–water partition coefficient (Wildman–Crippen LogP) is 1.24. The molecule has 0 aromatic heterocycles. The van der Waals surface area contributed by atoms with E-state index in [1.54, 1.807) is 19.1 Å². The van der Waals surface area contributed by atoms with Crippen LogP contribution in [0.25, 0.3) is 0 Å². The van der Waals surface area contributed by atoms with Crippen molar-refractivity contribution >= 4 is 37.5 Å². The van der Waals surface area contributed by atoms with Crippen LogP contribution < -0.4 is 5.32 Å². The molecule has 11 heteroatoms. The average molecular weight is 450 g/mol. The van der Waals surface area contributed by atoms with Crippen molar-refractivity contribution in [2.75, 3.05) is 37.7 Å². The fourth-order valence-electron chi connectivity index (χ4n) is 3.47. The number of rotatable bonds is 3. The molecule has 2 aliphatic rings. The Balaban J connectivity index is 1.67. The quantitative estimate of drug-likeness (QED) is 0.747. The Bertz CT molecular complexity index is 951. The van der Waals surface area contributed by atoms with Gasteiger partial charge in [-0.3, -0.25) is 0 Å². The van der Waals surface area contributed by atoms with Gasteiger partial charge < -0.3 is 10.2 Å². The number of carbonyl (C=O) groups is 1. The molecule has 0 bridgehead atoms. The second kappa shape index (κ2) is 8.17. The summed E-state index contributed by atoms with van der Waals surface area (Å²) in [5, 5.41) is 3.25. The average Bonchev–Trinajstić information content (AvgIpc) is 2.64. The zero-order valence-electron chi connectivity index (χ0n) is 15.6. The van der Waals surface area contributed by atoms with Crippen LogP contribution in [0.5, 0.6) is 0 Å². The Morgan fingerprint density at radius 2 is 1.89 bits per heavy atom. The maximum Gasteiger partial charge on any atom is 0.317 e. The summed E-state index contributed by atoms with van der Waals surface area (Å²) < 4.78 is 50.5. The van der Waals surface area contributed by atoms with E-state index in [-0.39, 0.29) is 48.1 Å². The van der Waals surface area contributed by atoms with Crippen molar-refractivity contribution in [3.8, 4) is 0 Å². The predicted molar refractivity (Wildman–Crippen MR) is 107 cm³/mol. The minimum atomic E-state index is -3.72. The fourth-order valence-corrected chi connectivity index (χ4v) is 6.67. The third-order valence-electron chi connectivity index (χ3n) is 5.18. The van der Waals surface area contributed by atoms with E-state index in [0.29, 0.717) is 30.0 Å². The molecular weight excluding hydrogens is 426 g/mol. The minimum Gasteiger partial charge on any atom is -0.334 e. The van der Waals surface area contributed by atoms with Crippen molar-refractivity contribution in [1.82, 2.24) is 14.5 Å². The molecule has 2 heterocycles. The maximum atomic E-state index is 13.0. The highest BCUT2D eigenvalue weighted by Gasteiger charge is 2.33. The normalized spacial score (nSPS) is 23.4. The number of hydrogen-bond acceptors (Lipinski definition) is 5. The van der Waals surface area contributed by atoms with Crippen LogP contribution in [0.1, 0.15) is 18.4 Å². The van der Waals surface area contributed by atoms with Crippen LogP contribution in [-0.2, 0) is 19.9 Å². The molecule has 2 amide bonds. The molecule has 2 aliphatic heterocycles. The molecule has 2 saturated heterocycles. The van der Waals surface area contributed by atoms with E-state index in [1.807, 2.05) is 0 Å². The van der Waals surface area contributed by atoms with Crippen molar-refractivity contribution in [2.24, 2.45) is 0 Å². The van der Waals surface area contributed by atoms with Crippen LogP contribution in [0.15, 0.2) is 23.1 Å². The van der Waals surface area contributed by atoms with Gasteiger partial charge >= 0.3 is 6.03 Å². The molecular formula is C17H24ClN3O5S2. The molecule has 8 nitrogen and oxygen atoms in total. The second-order valence-electron chi connectivity index (χ2n) is 7.15. The lowest BCUT2D eigenvalue weighted by atomic mass is 10.1. The first-order valence-electron chi connectivity index (χ1n) is 9.11. The van der Waals surface area contributed by atoms with Gasteiger partial charge in [0.05, 0.1) is 16.4 Å². The van der Waals surface area contributed by atoms with Crippen LogP contribution in [-0.4, -0.2) is 75.8 Å². The summed E-state index contributed by atoms with van der Waals surface area (Å²) in [6.45, 7) is 2.53. The van der Waals surface area contributed by atoms with Gasteiger partial charge in [-0.2, -0.15) is 4.31 Å². The van der Waals surface area contributed by atoms with E-state index in [2.05, 4.69) is 5.32 Å². The molecule has 156 valence electrons. The number of halogens is 1. The molecule has 0 radical (unpaired) electrons. The zero-order chi connectivity index (χ0) is 20.5. The highest BCUT2D eigenvalue weighted by Crippen LogP contribution is 2.27. The third-order valence-corrected chi connectivity index (χ3v) is 9.21. The summed E-state index contributed by atoms with van der Waals surface area (Å²) in [4.78, 5) is 14.1. The van der Waals surface area contributed by atoms with Crippen molar-refractivity contribution in [3.05, 3.63) is 28.8 Å². The highest BCUT2D eigenvalue weighted by molar-refractivity contribution is 7.91. The first-order valence-corrected chi connectivity index (χ1v) is 12.8. The molecule has 28 heavy (non-hydrogen) atoms. The van der Waals surface area contributed by atoms with Gasteiger partial charge in [0.25, 0.3) is 0 Å². The number of sulfone groups is 1. The summed E-state index contributed by atoms with van der Waals surface area (Å²) in [6.07, 6.45) is 1.29. The van der Waals surface area contributed by atoms with E-state index in [9.17, 15) is 21.6 Å². The van der Waals surface area contributed by atoms with Crippen molar-refractivity contribution in [2.45, 2.75) is 30.7 Å². The summed E-state index contributed by atoms with van der Waals surface area (Å²) >= 11 is 6.07. The first kappa shape index (κ1) is 21.4. The zero-order valence-corrected chi connectivity index (χ0v) is 18.0. The smallest absolute Gasteiger partial charge is 0.317 e. The van der Waals surface area contributed by atoms with E-state index in [1.165, 1.54) is 15.3 Å². The Morgan fingerprint density at radius 1 is 1.21 bits per heavy atom. The van der Waals surface area contributed by atoms with Crippen LogP contribution in [0.4, 0.5) is 4.79 Å². The molecule has 0 spiro atoms. The first-order chi connectivity index (χ1) is 13.1. The Labute approximate surface area is 170 Å². The number of piperidine rings is 1. The molecule has 1 N–H and O–H groups in total. The van der Waals surface area contributed by atoms with Gasteiger partial charge in [-0.25, -0.2) is 21.6 Å². The number of nitrogens with one attached hydrogen (secondary N) is 1. The number of carbonyl (C=O) groups excluding carboxylic acids is 1. The van der Waals surface area contributed by atoms with Gasteiger partial charge in [0.15, 0.2) is 9.84 Å². The molecule has 2 fully saturated rings. The van der Waals surface area contributed by atoms with E-state index < -0.39 is 19.9 Å². The third kappa shape index (κ3) is 4.61. The summed E-state index contributed by atoms with van der Waals surface area (Å²) in [5.74, 6) is -0.0841. The van der Waals surface area contributed by atoms with Crippen molar-refractivity contribution in [3.63, 3.8) is 0 Å². The van der Waals surface area contributed by atoms with Crippen LogP contribution in [0, 0.1) is 6.92 Å². The van der Waals surface area contributed by atoms with Gasteiger partial charge in [-0.15, -0.1) is 0 Å². The lowest BCUT2D eigenvalue weighted by Crippen LogP contribution is -2.55. The minimum absolute atomic E-state index is 0.0420. The van der Waals surface area contributed by atoms with Gasteiger partial charge in [-0.1, -0.05) is 17.7 Å². The number of nitrogens with zero attached hydrogens (tertiary/aromatic N) is 2. The molecule has 0 aliphatic carbocycles. The van der Waals surface area contributed by atoms with E-state index in [0.717, 1.165) is 0 Å². The second-order valence-corrected chi connectivity index (χ2v) is 11.8. The monoisotopic (exact) mass is 449 g/mol. The number of benzene rings is 1. The van der Waals surface area contributed by atoms with Gasteiger partial charge in [-0.05, 0) is 37.5 Å². The Morgan fingerprint density at radius 3 is 2.57 bits per heavy atom. The molecule has 1 atom stereocenters. The SMILES string of the molecule is Cc1c(Cl)cccc1S(=O)(=O)N1CCCC(NC(=O)N2CCS(=O)(=O)CC2)C1. The number of sulfonamides is 1. The molecule has 3 rings (SSSR count). The number of hydrogen-bond donors (Lipinski definition) is 1. The fraction of sp³-hybridized carbons (Fsp3) is 0.588. The Hall–Kier alpha value is -1.36. The standard InChI is InChI=1S/C17H24ClN3O5S2/c1-13-15(18)5-2-6-16(13)28(25,26)21-7-3-4-14(12-21)19-17(22)20-8-10-27(23,24)11-9-20/h2,5-6,14H,3-4,7-12H2,1H3,(H,19,22). The highest BCUT2D eigenvalue weighted by atomic mass is 35.5. The molecule has 1 aromatic rings. The lowest BCUT2D eigenvalue weighted by Gasteiger charge is -2.34. The van der Waals surface area contributed by atoms with Crippen LogP contribution in [0.3, 0.4) is 0 Å². The van der Waals surface area contributed by atoms with Crippen LogP contribution >= 0.6 is 11.6 Å². The summed E-state index contributed by atoms with van der Waals surface area (Å²) in [5.41, 5.74) is 0.504. The van der Waals surface area contributed by atoms with Crippen LogP contribution in [0.2, 0.25) is 5.02 Å². The van der Waals surface area contributed by atoms with Gasteiger partial charge in [0.2, 0.25) is 10.0 Å². The molecule has 0 saturated carbocycles. The van der Waals surface area contributed by atoms with Gasteiger partial charge in [0, 0.05) is 37.2 Å². The summed E-state index contributed by atoms with van der Waals surface area (Å²) in [6, 6.07) is 4.11. The van der Waals surface area contributed by atoms with E-state index >= 15 is 0 Å². The Kier molecular flexibility index (Phi) is 6.23.